The second-order valence-electron chi connectivity index (χ2n) is 7.75. The Morgan fingerprint density at radius 3 is 2.00 bits per heavy atom. The van der Waals surface area contributed by atoms with Gasteiger partial charge < -0.3 is 19.5 Å². The highest BCUT2D eigenvalue weighted by atomic mass is 16.6. The van der Waals surface area contributed by atoms with Crippen LogP contribution in [0.5, 0.6) is 11.5 Å². The number of carbonyl (C=O) groups is 2. The topological polar surface area (TPSA) is 91.3 Å². The average Bonchev–Trinajstić information content (AvgIpc) is 2.76. The number of rotatable bonds is 10. The molecule has 0 fully saturated rings. The fourth-order valence-corrected chi connectivity index (χ4v) is 3.32. The first-order valence-corrected chi connectivity index (χ1v) is 10.7. The van der Waals surface area contributed by atoms with E-state index in [1.54, 1.807) is 69.6 Å². The molecule has 32 heavy (non-hydrogen) atoms. The van der Waals surface area contributed by atoms with Crippen LogP contribution in [0.15, 0.2) is 48.5 Å². The maximum atomic E-state index is 13.3. The summed E-state index contributed by atoms with van der Waals surface area (Å²) in [6.45, 7) is 8.60. The molecule has 0 bridgehead atoms. The van der Waals surface area contributed by atoms with Crippen LogP contribution in [0.3, 0.4) is 0 Å². The van der Waals surface area contributed by atoms with E-state index in [1.807, 2.05) is 0 Å². The number of nitrogens with zero attached hydrogens (tertiary/aromatic N) is 2. The number of ether oxygens (including phenoxy) is 2. The van der Waals surface area contributed by atoms with Gasteiger partial charge in [-0.05, 0) is 55.4 Å². The third-order valence-electron chi connectivity index (χ3n) is 5.35. The highest BCUT2D eigenvalue weighted by Gasteiger charge is 2.39. The highest BCUT2D eigenvalue weighted by Crippen LogP contribution is 2.35. The number of benzene rings is 2. The van der Waals surface area contributed by atoms with Crippen molar-refractivity contribution in [2.75, 3.05) is 40.3 Å². The molecule has 2 aromatic rings. The van der Waals surface area contributed by atoms with Crippen molar-refractivity contribution in [3.05, 3.63) is 59.7 Å². The van der Waals surface area contributed by atoms with E-state index in [-0.39, 0.29) is 12.4 Å². The van der Waals surface area contributed by atoms with Gasteiger partial charge in [-0.3, -0.25) is 10.2 Å². The molecule has 8 nitrogen and oxygen atoms in total. The fraction of sp³-hybridized carbons (Fsp3) is 0.417. The van der Waals surface area contributed by atoms with Crippen LogP contribution >= 0.6 is 0 Å². The predicted octanol–water partition coefficient (Wildman–Crippen LogP) is 3.15. The Kier molecular flexibility index (Phi) is 9.04. The largest absolute Gasteiger partial charge is 0.508 e. The third kappa shape index (κ3) is 6.45. The Bertz CT molecular complexity index is 880. The molecule has 0 saturated heterocycles. The molecule has 174 valence electrons. The van der Waals surface area contributed by atoms with Crippen molar-refractivity contribution in [3.8, 4) is 11.5 Å². The van der Waals surface area contributed by atoms with Gasteiger partial charge in [0.25, 0.3) is 0 Å². The number of hydrogen-bond acceptors (Lipinski definition) is 7. The number of hydrazine groups is 1. The van der Waals surface area contributed by atoms with Crippen molar-refractivity contribution in [3.63, 3.8) is 0 Å². The van der Waals surface area contributed by atoms with Gasteiger partial charge in [-0.1, -0.05) is 38.1 Å². The molecule has 2 rings (SSSR count). The molecule has 0 aliphatic carbocycles. The van der Waals surface area contributed by atoms with Crippen molar-refractivity contribution in [2.24, 2.45) is 0 Å². The van der Waals surface area contributed by atoms with Crippen molar-refractivity contribution >= 4 is 12.1 Å². The van der Waals surface area contributed by atoms with Gasteiger partial charge in [-0.15, -0.1) is 0 Å². The number of hydrogen-bond donors (Lipinski definition) is 2. The molecular weight excluding hydrogens is 410 g/mol. The monoisotopic (exact) mass is 443 g/mol. The van der Waals surface area contributed by atoms with Gasteiger partial charge in [-0.25, -0.2) is 9.80 Å². The quantitative estimate of drug-likeness (QED) is 0.431. The van der Waals surface area contributed by atoms with Gasteiger partial charge >= 0.3 is 12.1 Å². The van der Waals surface area contributed by atoms with E-state index < -0.39 is 17.5 Å². The van der Waals surface area contributed by atoms with Gasteiger partial charge in [0.05, 0.1) is 0 Å². The van der Waals surface area contributed by atoms with Crippen LogP contribution in [-0.4, -0.2) is 67.4 Å². The third-order valence-corrected chi connectivity index (χ3v) is 5.35. The molecule has 0 radical (unpaired) electrons. The zero-order valence-corrected chi connectivity index (χ0v) is 19.4. The summed E-state index contributed by atoms with van der Waals surface area (Å²) in [5.74, 6) is 0.0621. The molecule has 0 spiro atoms. The van der Waals surface area contributed by atoms with E-state index in [9.17, 15) is 14.7 Å². The Labute approximate surface area is 189 Å². The molecule has 0 aliphatic rings. The second kappa shape index (κ2) is 11.5. The predicted molar refractivity (Wildman–Crippen MR) is 123 cm³/mol. The SMILES string of the molecule is CCN(CC)CCOC(=O)C(C)(c1ccc(O)cc1)c1ccc(OC(=O)NN(C)C)cc1. The summed E-state index contributed by atoms with van der Waals surface area (Å²) in [6.07, 6.45) is -0.611. The zero-order valence-electron chi connectivity index (χ0n) is 19.4. The van der Waals surface area contributed by atoms with E-state index in [4.69, 9.17) is 9.47 Å². The molecule has 1 unspecified atom stereocenters. The molecule has 1 atom stereocenters. The van der Waals surface area contributed by atoms with Crippen molar-refractivity contribution in [1.29, 1.82) is 0 Å². The number of aromatic hydroxyl groups is 1. The molecule has 0 saturated carbocycles. The lowest BCUT2D eigenvalue weighted by atomic mass is 9.76. The number of phenols is 1. The summed E-state index contributed by atoms with van der Waals surface area (Å²) in [5, 5.41) is 11.2. The molecule has 8 heteroatoms. The first kappa shape index (κ1) is 25.2. The number of carbonyl (C=O) groups excluding carboxylic acids is 2. The molecule has 2 N–H and O–H groups in total. The van der Waals surface area contributed by atoms with E-state index in [0.29, 0.717) is 23.4 Å². The van der Waals surface area contributed by atoms with Gasteiger partial charge in [0, 0.05) is 20.6 Å². The maximum absolute atomic E-state index is 13.3. The first-order valence-electron chi connectivity index (χ1n) is 10.7. The van der Waals surface area contributed by atoms with Crippen molar-refractivity contribution in [1.82, 2.24) is 15.3 Å². The van der Waals surface area contributed by atoms with Crippen LogP contribution in [0.2, 0.25) is 0 Å². The second-order valence-corrected chi connectivity index (χ2v) is 7.75. The molecule has 0 aromatic heterocycles. The molecule has 2 aromatic carbocycles. The Morgan fingerprint density at radius 2 is 1.50 bits per heavy atom. The highest BCUT2D eigenvalue weighted by molar-refractivity contribution is 5.87. The van der Waals surface area contributed by atoms with Crippen LogP contribution in [0, 0.1) is 0 Å². The maximum Gasteiger partial charge on any atom is 0.427 e. The number of amides is 1. The van der Waals surface area contributed by atoms with E-state index in [2.05, 4.69) is 24.2 Å². The minimum absolute atomic E-state index is 0.113. The average molecular weight is 444 g/mol. The summed E-state index contributed by atoms with van der Waals surface area (Å²) in [6, 6.07) is 13.2. The van der Waals surface area contributed by atoms with E-state index in [1.165, 1.54) is 5.01 Å². The number of esters is 1. The standard InChI is InChI=1S/C24H33N3O5/c1-6-27(7-2)16-17-31-22(29)24(3,18-8-12-20(28)13-9-18)19-10-14-21(15-11-19)32-23(30)25-26(4)5/h8-15,28H,6-7,16-17H2,1-5H3,(H,25,30). The molecule has 0 aliphatic heterocycles. The van der Waals surface area contributed by atoms with Crippen LogP contribution in [-0.2, 0) is 14.9 Å². The van der Waals surface area contributed by atoms with Crippen LogP contribution < -0.4 is 10.2 Å². The van der Waals surface area contributed by atoms with E-state index in [0.717, 1.165) is 13.1 Å². The lowest BCUT2D eigenvalue weighted by molar-refractivity contribution is -0.148. The summed E-state index contributed by atoms with van der Waals surface area (Å²) in [5.41, 5.74) is 2.75. The van der Waals surface area contributed by atoms with Gasteiger partial charge in [-0.2, -0.15) is 0 Å². The normalized spacial score (nSPS) is 13.0. The molecule has 1 amide bonds. The summed E-state index contributed by atoms with van der Waals surface area (Å²) >= 11 is 0. The van der Waals surface area contributed by atoms with Crippen molar-refractivity contribution in [2.45, 2.75) is 26.2 Å². The molecular formula is C24H33N3O5. The Morgan fingerprint density at radius 1 is 0.969 bits per heavy atom. The molecule has 0 heterocycles. The van der Waals surface area contributed by atoms with Gasteiger partial charge in [0.1, 0.15) is 23.5 Å². The van der Waals surface area contributed by atoms with Gasteiger partial charge in [0.15, 0.2) is 0 Å². The van der Waals surface area contributed by atoms with Crippen molar-refractivity contribution < 1.29 is 24.2 Å². The van der Waals surface area contributed by atoms with Crippen LogP contribution in [0.1, 0.15) is 31.9 Å². The first-order chi connectivity index (χ1) is 15.2. The van der Waals surface area contributed by atoms with Gasteiger partial charge in [0.2, 0.25) is 0 Å². The Hall–Kier alpha value is -3.10. The lowest BCUT2D eigenvalue weighted by Gasteiger charge is -2.29. The summed E-state index contributed by atoms with van der Waals surface area (Å²) < 4.78 is 10.9. The zero-order chi connectivity index (χ0) is 23.7. The number of likely N-dealkylation sites (N-methyl/N-ethyl adjacent to an activating group) is 1. The minimum atomic E-state index is -1.11. The summed E-state index contributed by atoms with van der Waals surface area (Å²) in [4.78, 5) is 27.3. The van der Waals surface area contributed by atoms with Crippen LogP contribution in [0.25, 0.3) is 0 Å². The summed E-state index contributed by atoms with van der Waals surface area (Å²) in [7, 11) is 3.36. The van der Waals surface area contributed by atoms with E-state index >= 15 is 0 Å². The minimum Gasteiger partial charge on any atom is -0.508 e. The number of nitrogens with one attached hydrogen (secondary N) is 1. The lowest BCUT2D eigenvalue weighted by Crippen LogP contribution is -2.38. The van der Waals surface area contributed by atoms with Crippen LogP contribution in [0.4, 0.5) is 4.79 Å². The number of phenolic OH excluding ortho intramolecular Hbond substituents is 1. The fourth-order valence-electron chi connectivity index (χ4n) is 3.32. The Balaban J connectivity index is 2.27. The smallest absolute Gasteiger partial charge is 0.427 e.